The number of rotatable bonds is 3. The summed E-state index contributed by atoms with van der Waals surface area (Å²) in [6.07, 6.45) is 1.40. The van der Waals surface area contributed by atoms with Crippen molar-refractivity contribution in [2.45, 2.75) is 45.9 Å². The van der Waals surface area contributed by atoms with Crippen molar-refractivity contribution in [1.29, 1.82) is 0 Å². The van der Waals surface area contributed by atoms with E-state index in [0.29, 0.717) is 19.8 Å². The Hall–Kier alpha value is -1.92. The van der Waals surface area contributed by atoms with Gasteiger partial charge in [0, 0.05) is 0 Å². The molecule has 124 valence electrons. The number of benzene rings is 1. The van der Waals surface area contributed by atoms with Gasteiger partial charge >= 0.3 is 5.69 Å². The van der Waals surface area contributed by atoms with Gasteiger partial charge in [-0.3, -0.25) is 0 Å². The smallest absolute Gasteiger partial charge is 0.364 e. The van der Waals surface area contributed by atoms with Crippen molar-refractivity contribution in [3.8, 4) is 5.69 Å². The summed E-state index contributed by atoms with van der Waals surface area (Å²) in [5.41, 5.74) is 2.56. The predicted molar refractivity (Wildman–Crippen MR) is 87.1 cm³/mol. The highest BCUT2D eigenvalue weighted by molar-refractivity contribution is 5.42. The third-order valence-electron chi connectivity index (χ3n) is 3.99. The summed E-state index contributed by atoms with van der Waals surface area (Å²) in [7, 11) is 0. The van der Waals surface area contributed by atoms with E-state index in [2.05, 4.69) is 17.1 Å². The number of ether oxygens (including phenoxy) is 2. The van der Waals surface area contributed by atoms with Gasteiger partial charge in [0.15, 0.2) is 0 Å². The number of aryl methyl sites for hydroxylation is 2. The second-order valence-electron chi connectivity index (χ2n) is 6.76. The summed E-state index contributed by atoms with van der Waals surface area (Å²) in [5, 5.41) is 0. The summed E-state index contributed by atoms with van der Waals surface area (Å²) >= 11 is 0. The molecule has 0 spiro atoms. The van der Waals surface area contributed by atoms with Crippen LogP contribution in [0.15, 0.2) is 29.3 Å². The van der Waals surface area contributed by atoms with Crippen LogP contribution in [0.3, 0.4) is 0 Å². The Bertz CT molecular complexity index is 761. The summed E-state index contributed by atoms with van der Waals surface area (Å²) in [4.78, 5) is 16.1. The predicted octanol–water partition coefficient (Wildman–Crippen LogP) is 1.84. The zero-order valence-electron chi connectivity index (χ0n) is 14.1. The third-order valence-corrected chi connectivity index (χ3v) is 3.99. The van der Waals surface area contributed by atoms with Crippen LogP contribution in [-0.4, -0.2) is 39.3 Å². The minimum atomic E-state index is -0.337. The van der Waals surface area contributed by atoms with E-state index in [9.17, 15) is 4.79 Å². The molecule has 2 aromatic rings. The minimum absolute atomic E-state index is 0.169. The van der Waals surface area contributed by atoms with Crippen LogP contribution in [0.1, 0.15) is 25.0 Å². The van der Waals surface area contributed by atoms with E-state index >= 15 is 0 Å². The number of aromatic nitrogens is 3. The molecule has 3 rings (SSSR count). The Labute approximate surface area is 135 Å². The molecule has 0 N–H and O–H groups in total. The van der Waals surface area contributed by atoms with Crippen molar-refractivity contribution < 1.29 is 9.47 Å². The Morgan fingerprint density at radius 1 is 1.35 bits per heavy atom. The quantitative estimate of drug-likeness (QED) is 0.867. The lowest BCUT2D eigenvalue weighted by atomic mass is 10.1. The fourth-order valence-corrected chi connectivity index (χ4v) is 2.89. The molecule has 0 amide bonds. The molecule has 1 saturated heterocycles. The normalized spacial score (nSPS) is 20.6. The fourth-order valence-electron chi connectivity index (χ4n) is 2.89. The molecule has 1 aliphatic rings. The highest BCUT2D eigenvalue weighted by atomic mass is 16.6. The van der Waals surface area contributed by atoms with Crippen LogP contribution < -0.4 is 5.69 Å². The van der Waals surface area contributed by atoms with Gasteiger partial charge in [0.25, 0.3) is 0 Å². The van der Waals surface area contributed by atoms with E-state index in [1.807, 2.05) is 33.8 Å². The second-order valence-corrected chi connectivity index (χ2v) is 6.76. The van der Waals surface area contributed by atoms with Gasteiger partial charge in [-0.2, -0.15) is 4.98 Å². The van der Waals surface area contributed by atoms with Gasteiger partial charge in [0.1, 0.15) is 12.4 Å². The van der Waals surface area contributed by atoms with Gasteiger partial charge in [-0.05, 0) is 44.9 Å². The Kier molecular flexibility index (Phi) is 4.12. The lowest BCUT2D eigenvalue weighted by Gasteiger charge is -2.36. The fraction of sp³-hybridized carbons (Fsp3) is 0.529. The van der Waals surface area contributed by atoms with Gasteiger partial charge < -0.3 is 9.47 Å². The number of hydrogen-bond acceptors (Lipinski definition) is 4. The molecule has 1 aromatic carbocycles. The van der Waals surface area contributed by atoms with Crippen molar-refractivity contribution in [2.75, 3.05) is 13.2 Å². The maximum Gasteiger partial charge on any atom is 0.364 e. The molecule has 0 aliphatic carbocycles. The van der Waals surface area contributed by atoms with Gasteiger partial charge in [0.2, 0.25) is 0 Å². The lowest BCUT2D eigenvalue weighted by Crippen LogP contribution is -2.46. The highest BCUT2D eigenvalue weighted by Gasteiger charge is 2.30. The van der Waals surface area contributed by atoms with E-state index in [4.69, 9.17) is 9.47 Å². The van der Waals surface area contributed by atoms with Crippen molar-refractivity contribution in [2.24, 2.45) is 0 Å². The van der Waals surface area contributed by atoms with Crippen molar-refractivity contribution >= 4 is 0 Å². The summed E-state index contributed by atoms with van der Waals surface area (Å²) < 4.78 is 15.0. The Morgan fingerprint density at radius 3 is 2.87 bits per heavy atom. The lowest BCUT2D eigenvalue weighted by molar-refractivity contribution is -0.186. The molecule has 6 nitrogen and oxygen atoms in total. The largest absolute Gasteiger partial charge is 0.376 e. The van der Waals surface area contributed by atoms with Gasteiger partial charge in [-0.1, -0.05) is 12.1 Å². The highest BCUT2D eigenvalue weighted by Crippen LogP contribution is 2.20. The summed E-state index contributed by atoms with van der Waals surface area (Å²) in [6, 6.07) is 6.15. The van der Waals surface area contributed by atoms with Crippen molar-refractivity contribution in [3.05, 3.63) is 46.1 Å². The van der Waals surface area contributed by atoms with Crippen LogP contribution in [0.2, 0.25) is 0 Å². The molecule has 0 bridgehead atoms. The van der Waals surface area contributed by atoms with Crippen LogP contribution in [-0.2, 0) is 16.0 Å². The summed E-state index contributed by atoms with van der Waals surface area (Å²) in [5.74, 6) is 0. The molecular weight excluding hydrogens is 294 g/mol. The van der Waals surface area contributed by atoms with Gasteiger partial charge in [-0.25, -0.2) is 14.2 Å². The zero-order chi connectivity index (χ0) is 16.6. The standard InChI is InChI=1S/C17H23N3O3/c1-12-5-6-13(2)15(7-12)20-11-18-16(21)19(20)8-14-9-22-10-17(3,4)23-14/h5-7,11,14H,8-10H2,1-4H3. The first kappa shape index (κ1) is 16.0. The van der Waals surface area contributed by atoms with Crippen molar-refractivity contribution in [1.82, 2.24) is 14.3 Å². The SMILES string of the molecule is Cc1ccc(C)c(-n2cnc(=O)n2CC2COCC(C)(C)O2)c1. The van der Waals surface area contributed by atoms with Crippen LogP contribution >= 0.6 is 0 Å². The molecular formula is C17H23N3O3. The minimum Gasteiger partial charge on any atom is -0.376 e. The molecule has 1 fully saturated rings. The first-order valence-electron chi connectivity index (χ1n) is 7.83. The second kappa shape index (κ2) is 5.94. The van der Waals surface area contributed by atoms with Crippen LogP contribution in [0.5, 0.6) is 0 Å². The van der Waals surface area contributed by atoms with Crippen LogP contribution in [0.4, 0.5) is 0 Å². The molecule has 1 atom stereocenters. The van der Waals surface area contributed by atoms with E-state index < -0.39 is 0 Å². The maximum atomic E-state index is 12.2. The van der Waals surface area contributed by atoms with Crippen LogP contribution in [0, 0.1) is 13.8 Å². The van der Waals surface area contributed by atoms with E-state index in [-0.39, 0.29) is 17.4 Å². The first-order valence-corrected chi connectivity index (χ1v) is 7.83. The molecule has 2 heterocycles. The monoisotopic (exact) mass is 317 g/mol. The van der Waals surface area contributed by atoms with E-state index in [1.54, 1.807) is 15.7 Å². The molecule has 23 heavy (non-hydrogen) atoms. The Balaban J connectivity index is 1.93. The van der Waals surface area contributed by atoms with Gasteiger partial charge in [0.05, 0.1) is 31.0 Å². The maximum absolute atomic E-state index is 12.2. The molecule has 1 aliphatic heterocycles. The molecule has 0 radical (unpaired) electrons. The number of hydrogen-bond donors (Lipinski definition) is 0. The molecule has 1 aromatic heterocycles. The van der Waals surface area contributed by atoms with E-state index in [0.717, 1.165) is 16.8 Å². The summed E-state index contributed by atoms with van der Waals surface area (Å²) in [6.45, 7) is 9.49. The third kappa shape index (κ3) is 3.38. The van der Waals surface area contributed by atoms with E-state index in [1.165, 1.54) is 0 Å². The molecule has 0 saturated carbocycles. The average Bonchev–Trinajstić information content (AvgIpc) is 2.82. The van der Waals surface area contributed by atoms with Crippen LogP contribution in [0.25, 0.3) is 5.69 Å². The zero-order valence-corrected chi connectivity index (χ0v) is 14.1. The molecule has 1 unspecified atom stereocenters. The topological polar surface area (TPSA) is 58.3 Å². The first-order chi connectivity index (χ1) is 10.9. The Morgan fingerprint density at radius 2 is 2.13 bits per heavy atom. The van der Waals surface area contributed by atoms with Crippen molar-refractivity contribution in [3.63, 3.8) is 0 Å². The number of nitrogens with zero attached hydrogens (tertiary/aromatic N) is 3. The van der Waals surface area contributed by atoms with Gasteiger partial charge in [-0.15, -0.1) is 0 Å². The molecule has 6 heteroatoms. The average molecular weight is 317 g/mol.